The molecule has 2 aliphatic heterocycles. The quantitative estimate of drug-likeness (QED) is 0.0903. The van der Waals surface area contributed by atoms with E-state index in [9.17, 15) is 34.5 Å². The Morgan fingerprint density at radius 2 is 0.857 bits per heavy atom. The predicted molar refractivity (Wildman–Crippen MR) is 212 cm³/mol. The Morgan fingerprint density at radius 3 is 1.16 bits per heavy atom. The minimum atomic E-state index is -6.00. The Hall–Kier alpha value is -5.01. The Bertz CT molecular complexity index is 1920. The summed E-state index contributed by atoms with van der Waals surface area (Å²) < 4.78 is 94.4. The zero-order valence-corrected chi connectivity index (χ0v) is 32.8. The summed E-state index contributed by atoms with van der Waals surface area (Å²) in [6.07, 6.45) is 1.88. The van der Waals surface area contributed by atoms with Crippen LogP contribution in [0.1, 0.15) is 51.7 Å². The molecule has 2 aliphatic rings. The fraction of sp³-hybridized carbons (Fsp3) is 0.350. The zero-order chi connectivity index (χ0) is 41.6. The molecule has 0 aliphatic carbocycles. The highest BCUT2D eigenvalue weighted by molar-refractivity contribution is 6.50. The molecule has 0 amide bonds. The van der Waals surface area contributed by atoms with Gasteiger partial charge < -0.3 is 54.6 Å². The highest BCUT2D eigenvalue weighted by Crippen LogP contribution is 2.41. The largest absolute Gasteiger partial charge is 0.673 e. The van der Waals surface area contributed by atoms with Gasteiger partial charge in [0.05, 0.1) is 36.4 Å². The number of nitrogens with one attached hydrogen (secondary N) is 2. The van der Waals surface area contributed by atoms with Gasteiger partial charge in [-0.2, -0.15) is 0 Å². The van der Waals surface area contributed by atoms with Crippen LogP contribution in [0.3, 0.4) is 0 Å². The van der Waals surface area contributed by atoms with Crippen molar-refractivity contribution in [1.82, 2.24) is 0 Å². The van der Waals surface area contributed by atoms with E-state index in [0.717, 1.165) is 59.9 Å². The lowest BCUT2D eigenvalue weighted by atomic mass is 9.80. The topological polar surface area (TPSA) is 48.5 Å². The van der Waals surface area contributed by atoms with E-state index in [0.29, 0.717) is 0 Å². The molecular formula is C40H48B2F8N4O2. The van der Waals surface area contributed by atoms with Crippen molar-refractivity contribution < 1.29 is 53.2 Å². The summed E-state index contributed by atoms with van der Waals surface area (Å²) in [7, 11) is -4.17. The molecule has 2 heterocycles. The minimum absolute atomic E-state index is 0.00911. The first-order chi connectivity index (χ1) is 26.1. The first kappa shape index (κ1) is 43.7. The van der Waals surface area contributed by atoms with Gasteiger partial charge in [-0.1, -0.05) is 48.5 Å². The van der Waals surface area contributed by atoms with E-state index >= 15 is 0 Å². The van der Waals surface area contributed by atoms with Crippen LogP contribution < -0.4 is 20.1 Å². The lowest BCUT2D eigenvalue weighted by molar-refractivity contribution is -0.404. The number of nitrogens with zero attached hydrogens (tertiary/aromatic N) is 2. The van der Waals surface area contributed by atoms with E-state index in [2.05, 4.69) is 147 Å². The van der Waals surface area contributed by atoms with Crippen LogP contribution in [-0.2, 0) is 10.8 Å². The third kappa shape index (κ3) is 10.6. The van der Waals surface area contributed by atoms with Crippen LogP contribution in [0, 0.1) is 0 Å². The van der Waals surface area contributed by atoms with Crippen molar-refractivity contribution in [2.24, 2.45) is 0 Å². The molecule has 4 aromatic carbocycles. The number of hydrogen-bond acceptors (Lipinski definition) is 4. The van der Waals surface area contributed by atoms with E-state index in [1.165, 1.54) is 33.9 Å². The van der Waals surface area contributed by atoms with Crippen molar-refractivity contribution >= 4 is 48.7 Å². The number of hydrogen-bond donors (Lipinski definition) is 2. The number of fused-ring (bicyclic) bond motifs is 2. The molecule has 0 radical (unpaired) electrons. The summed E-state index contributed by atoms with van der Waals surface area (Å²) in [4.78, 5) is 0. The maximum Gasteiger partial charge on any atom is 0.673 e. The van der Waals surface area contributed by atoms with Gasteiger partial charge in [0, 0.05) is 49.2 Å². The van der Waals surface area contributed by atoms with Gasteiger partial charge in [-0.15, -0.1) is 0 Å². The normalized spacial score (nSPS) is 15.2. The minimum Gasteiger partial charge on any atom is -0.495 e. The number of ether oxygens (including phenoxy) is 2. The van der Waals surface area contributed by atoms with Gasteiger partial charge in [-0.05, 0) is 63.1 Å². The molecule has 0 saturated heterocycles. The van der Waals surface area contributed by atoms with Gasteiger partial charge >= 0.3 is 14.5 Å². The molecule has 16 heteroatoms. The van der Waals surface area contributed by atoms with Gasteiger partial charge in [-0.3, -0.25) is 0 Å². The van der Waals surface area contributed by atoms with Crippen molar-refractivity contribution in [3.8, 4) is 22.6 Å². The van der Waals surface area contributed by atoms with Crippen LogP contribution in [0.15, 0.2) is 84.9 Å². The molecule has 6 nitrogen and oxygen atoms in total. The summed E-state index contributed by atoms with van der Waals surface area (Å²) in [5.41, 5.74) is 12.4. The van der Waals surface area contributed by atoms with Crippen molar-refractivity contribution in [2.75, 3.05) is 52.0 Å². The van der Waals surface area contributed by atoms with Crippen LogP contribution in [0.4, 0.5) is 57.3 Å². The number of rotatable bonds is 11. The molecule has 6 rings (SSSR count). The second-order valence-corrected chi connectivity index (χ2v) is 14.5. The van der Waals surface area contributed by atoms with Crippen LogP contribution in [-0.4, -0.2) is 76.5 Å². The fourth-order valence-corrected chi connectivity index (χ4v) is 7.65. The summed E-state index contributed by atoms with van der Waals surface area (Å²) >= 11 is 0. The maximum atomic E-state index is 9.75. The van der Waals surface area contributed by atoms with Gasteiger partial charge in [0.25, 0.3) is 0 Å². The first-order valence-corrected chi connectivity index (χ1v) is 18.1. The third-order valence-corrected chi connectivity index (χ3v) is 10.2. The molecule has 302 valence electrons. The second-order valence-electron chi connectivity index (χ2n) is 14.5. The fourth-order valence-electron chi connectivity index (χ4n) is 7.65. The molecule has 0 unspecified atom stereocenters. The number of para-hydroxylation sites is 2. The molecular weight excluding hydrogens is 742 g/mol. The zero-order valence-electron chi connectivity index (χ0n) is 32.8. The summed E-state index contributed by atoms with van der Waals surface area (Å²) in [5, 5.41) is 7.27. The van der Waals surface area contributed by atoms with Crippen molar-refractivity contribution in [3.63, 3.8) is 0 Å². The van der Waals surface area contributed by atoms with Crippen LogP contribution >= 0.6 is 0 Å². The Labute approximate surface area is 323 Å². The van der Waals surface area contributed by atoms with Crippen molar-refractivity contribution in [2.45, 2.75) is 51.4 Å². The van der Waals surface area contributed by atoms with Crippen LogP contribution in [0.2, 0.25) is 0 Å². The molecule has 56 heavy (non-hydrogen) atoms. The van der Waals surface area contributed by atoms with Crippen molar-refractivity contribution in [1.29, 1.82) is 0 Å². The summed E-state index contributed by atoms with van der Waals surface area (Å²) in [6, 6.07) is 30.2. The van der Waals surface area contributed by atoms with E-state index in [1.807, 2.05) is 0 Å². The third-order valence-electron chi connectivity index (χ3n) is 10.2. The smallest absolute Gasteiger partial charge is 0.495 e. The Morgan fingerprint density at radius 1 is 0.536 bits per heavy atom. The second kappa shape index (κ2) is 17.4. The number of methoxy groups -OCH3 is 2. The summed E-state index contributed by atoms with van der Waals surface area (Å²) in [5.74, 6) is 1.65. The molecule has 0 saturated carbocycles. The monoisotopic (exact) mass is 790 g/mol. The average molecular weight is 790 g/mol. The van der Waals surface area contributed by atoms with Gasteiger partial charge in [0.1, 0.15) is 25.6 Å². The average Bonchev–Trinajstić information content (AvgIpc) is 3.44. The van der Waals surface area contributed by atoms with Gasteiger partial charge in [0.2, 0.25) is 11.4 Å². The van der Waals surface area contributed by atoms with E-state index in [1.54, 1.807) is 14.2 Å². The lowest BCUT2D eigenvalue weighted by Crippen LogP contribution is -2.30. The summed E-state index contributed by atoms with van der Waals surface area (Å²) in [6.45, 7) is 10.9. The molecule has 0 atom stereocenters. The van der Waals surface area contributed by atoms with E-state index in [-0.39, 0.29) is 10.8 Å². The van der Waals surface area contributed by atoms with Crippen molar-refractivity contribution in [3.05, 3.63) is 96.1 Å². The SMILES string of the molecule is COc1cc(-c2ccc(NCCC3=[N+](C)c4ccccc4C3(C)C)c(OC)c2)ccc1NCCC1=[N+](C)c2ccccc2C1(C)C.F[B-](F)(F)F.F[B-](F)(F)F. The highest BCUT2D eigenvalue weighted by atomic mass is 19.5. The molecule has 0 bridgehead atoms. The van der Waals surface area contributed by atoms with E-state index in [4.69, 9.17) is 9.47 Å². The Balaban J connectivity index is 0.000000620. The number of benzene rings is 4. The van der Waals surface area contributed by atoms with Gasteiger partial charge in [0.15, 0.2) is 11.4 Å². The lowest BCUT2D eigenvalue weighted by Gasteiger charge is -2.19. The molecule has 0 aromatic heterocycles. The predicted octanol–water partition coefficient (Wildman–Crippen LogP) is 11.0. The Kier molecular flexibility index (Phi) is 13.6. The highest BCUT2D eigenvalue weighted by Gasteiger charge is 2.44. The molecule has 4 aromatic rings. The number of halogens is 8. The van der Waals surface area contributed by atoms with Crippen LogP contribution in [0.5, 0.6) is 11.5 Å². The first-order valence-electron chi connectivity index (χ1n) is 18.1. The standard InChI is InChI=1S/C40H48N4O2.2BF4/c1-39(2)29-13-9-11-15-33(29)43(5)37(39)21-23-41-31-19-17-27(25-35(31)45-7)28-18-20-32(36(26-28)46-8)42-24-22-38-40(3,4)30-14-10-12-16-34(30)44(38)6;2*2-1(3,4)5/h9-20,25-26,41-42H,21-24H2,1-8H3;;/q+2;2*-1. The van der Waals surface area contributed by atoms with Gasteiger partial charge in [-0.25, -0.2) is 9.15 Å². The maximum absolute atomic E-state index is 9.75. The van der Waals surface area contributed by atoms with E-state index < -0.39 is 14.5 Å². The molecule has 2 N–H and O–H groups in total. The number of anilines is 2. The molecule has 0 fully saturated rings. The van der Waals surface area contributed by atoms with Crippen LogP contribution in [0.25, 0.3) is 11.1 Å². The molecule has 0 spiro atoms.